The molecule has 1 aromatic rings. The Kier molecular flexibility index (Phi) is 5.45. The second-order valence-electron chi connectivity index (χ2n) is 6.80. The molecule has 6 heteroatoms. The van der Waals surface area contributed by atoms with Crippen molar-refractivity contribution in [2.45, 2.75) is 38.2 Å². The van der Waals surface area contributed by atoms with Gasteiger partial charge in [0.2, 0.25) is 11.8 Å². The van der Waals surface area contributed by atoms with Crippen molar-refractivity contribution in [2.75, 3.05) is 19.7 Å². The molecule has 24 heavy (non-hydrogen) atoms. The lowest BCUT2D eigenvalue weighted by atomic mass is 9.86. The van der Waals surface area contributed by atoms with Crippen molar-refractivity contribution < 1.29 is 14.3 Å². The number of hydrogen-bond acceptors (Lipinski definition) is 4. The maximum atomic E-state index is 12.4. The third kappa shape index (κ3) is 4.12. The van der Waals surface area contributed by atoms with Crippen LogP contribution in [0, 0.1) is 11.8 Å². The van der Waals surface area contributed by atoms with Crippen LogP contribution in [0.15, 0.2) is 24.5 Å². The number of primary amides is 1. The van der Waals surface area contributed by atoms with Crippen LogP contribution in [-0.4, -0.2) is 47.5 Å². The predicted octanol–water partition coefficient (Wildman–Crippen LogP) is 1.14. The van der Waals surface area contributed by atoms with Crippen molar-refractivity contribution in [1.29, 1.82) is 0 Å². The Morgan fingerprint density at radius 3 is 2.58 bits per heavy atom. The number of carbonyl (C=O) groups is 2. The smallest absolute Gasteiger partial charge is 0.226 e. The van der Waals surface area contributed by atoms with Gasteiger partial charge in [-0.2, -0.15) is 0 Å². The highest BCUT2D eigenvalue weighted by molar-refractivity contribution is 5.79. The van der Waals surface area contributed by atoms with E-state index < -0.39 is 0 Å². The minimum Gasteiger partial charge on any atom is -0.377 e. The lowest BCUT2D eigenvalue weighted by Crippen LogP contribution is -2.40. The van der Waals surface area contributed by atoms with Gasteiger partial charge in [0.05, 0.1) is 18.4 Å². The number of hydrogen-bond donors (Lipinski definition) is 1. The van der Waals surface area contributed by atoms with Crippen molar-refractivity contribution in [3.8, 4) is 0 Å². The van der Waals surface area contributed by atoms with E-state index in [1.54, 1.807) is 12.4 Å². The quantitative estimate of drug-likeness (QED) is 0.877. The molecule has 0 radical (unpaired) electrons. The summed E-state index contributed by atoms with van der Waals surface area (Å²) in [5, 5.41) is 0. The number of likely N-dealkylation sites (tertiary alicyclic amines) is 1. The van der Waals surface area contributed by atoms with Crippen molar-refractivity contribution in [2.24, 2.45) is 17.6 Å². The van der Waals surface area contributed by atoms with E-state index in [1.165, 1.54) is 0 Å². The lowest BCUT2D eigenvalue weighted by molar-refractivity contribution is -0.132. The normalized spacial score (nSPS) is 24.9. The first-order chi connectivity index (χ1) is 11.6. The molecule has 2 N–H and O–H groups in total. The highest BCUT2D eigenvalue weighted by atomic mass is 16.5. The number of aromatic nitrogens is 1. The molecule has 2 atom stereocenters. The Balaban J connectivity index is 1.45. The lowest BCUT2D eigenvalue weighted by Gasteiger charge is -2.33. The average Bonchev–Trinajstić information content (AvgIpc) is 3.05. The van der Waals surface area contributed by atoms with Gasteiger partial charge in [-0.15, -0.1) is 0 Å². The van der Waals surface area contributed by atoms with Gasteiger partial charge < -0.3 is 15.4 Å². The highest BCUT2D eigenvalue weighted by Gasteiger charge is 2.35. The van der Waals surface area contributed by atoms with Gasteiger partial charge in [0, 0.05) is 32.1 Å². The second-order valence-corrected chi connectivity index (χ2v) is 6.80. The fraction of sp³-hybridized carbons (Fsp3) is 0.611. The van der Waals surface area contributed by atoms with Gasteiger partial charge in [0.25, 0.3) is 0 Å². The second kappa shape index (κ2) is 7.75. The first-order valence-electron chi connectivity index (χ1n) is 8.71. The van der Waals surface area contributed by atoms with Gasteiger partial charge in [-0.25, -0.2) is 0 Å². The first-order valence-corrected chi connectivity index (χ1v) is 8.71. The molecule has 0 aliphatic carbocycles. The van der Waals surface area contributed by atoms with E-state index in [9.17, 15) is 9.59 Å². The standard InChI is InChI=1S/C18H25N3O3/c19-18(23)15-5-10-24-16(15)11-14-3-8-21(9-4-14)17(22)12-13-1-6-20-7-2-13/h1-2,6-7,14-16H,3-5,8-12H2,(H2,19,23)/t15-,16-/m1/s1. The highest BCUT2D eigenvalue weighted by Crippen LogP contribution is 2.30. The SMILES string of the molecule is NC(=O)[C@@H]1CCO[C@@H]1CC1CCN(C(=O)Cc2ccncc2)CC1. The number of carbonyl (C=O) groups excluding carboxylic acids is 2. The van der Waals surface area contributed by atoms with Crippen LogP contribution in [0.1, 0.15) is 31.2 Å². The molecule has 130 valence electrons. The van der Waals surface area contributed by atoms with E-state index in [4.69, 9.17) is 10.5 Å². The van der Waals surface area contributed by atoms with E-state index in [0.29, 0.717) is 18.9 Å². The molecule has 3 heterocycles. The van der Waals surface area contributed by atoms with Crippen molar-refractivity contribution in [1.82, 2.24) is 9.88 Å². The number of rotatable bonds is 5. The van der Waals surface area contributed by atoms with Crippen LogP contribution in [-0.2, 0) is 20.7 Å². The van der Waals surface area contributed by atoms with Crippen LogP contribution < -0.4 is 5.73 Å². The Labute approximate surface area is 142 Å². The first kappa shape index (κ1) is 16.9. The van der Waals surface area contributed by atoms with Gasteiger partial charge in [0.15, 0.2) is 0 Å². The van der Waals surface area contributed by atoms with Crippen molar-refractivity contribution in [3.63, 3.8) is 0 Å². The Morgan fingerprint density at radius 1 is 1.21 bits per heavy atom. The van der Waals surface area contributed by atoms with Crippen LogP contribution >= 0.6 is 0 Å². The van der Waals surface area contributed by atoms with E-state index in [-0.39, 0.29) is 23.8 Å². The van der Waals surface area contributed by atoms with Gasteiger partial charge in [-0.05, 0) is 49.3 Å². The van der Waals surface area contributed by atoms with Crippen LogP contribution in [0.3, 0.4) is 0 Å². The summed E-state index contributed by atoms with van der Waals surface area (Å²) >= 11 is 0. The van der Waals surface area contributed by atoms with Crippen molar-refractivity contribution in [3.05, 3.63) is 30.1 Å². The summed E-state index contributed by atoms with van der Waals surface area (Å²) in [7, 11) is 0. The molecule has 6 nitrogen and oxygen atoms in total. The molecule has 2 fully saturated rings. The molecule has 0 saturated carbocycles. The molecule has 0 aromatic carbocycles. The number of nitrogens with zero attached hydrogens (tertiary/aromatic N) is 2. The van der Waals surface area contributed by atoms with E-state index in [1.807, 2.05) is 17.0 Å². The molecule has 0 spiro atoms. The molecular formula is C18H25N3O3. The number of piperidine rings is 1. The third-order valence-electron chi connectivity index (χ3n) is 5.21. The van der Waals surface area contributed by atoms with E-state index in [0.717, 1.165) is 44.3 Å². The zero-order valence-corrected chi connectivity index (χ0v) is 13.9. The Bertz CT molecular complexity index is 570. The Morgan fingerprint density at radius 2 is 1.92 bits per heavy atom. The van der Waals surface area contributed by atoms with Gasteiger partial charge in [0.1, 0.15) is 0 Å². The molecule has 2 aliphatic heterocycles. The zero-order valence-electron chi connectivity index (χ0n) is 13.9. The molecule has 3 rings (SSSR count). The summed E-state index contributed by atoms with van der Waals surface area (Å²) in [4.78, 5) is 29.7. The molecule has 2 amide bonds. The van der Waals surface area contributed by atoms with Crippen LogP contribution in [0.25, 0.3) is 0 Å². The van der Waals surface area contributed by atoms with Crippen LogP contribution in [0.4, 0.5) is 0 Å². The minimum atomic E-state index is -0.248. The third-order valence-corrected chi connectivity index (χ3v) is 5.21. The van der Waals surface area contributed by atoms with Crippen molar-refractivity contribution >= 4 is 11.8 Å². The summed E-state index contributed by atoms with van der Waals surface area (Å²) in [6.45, 7) is 2.19. The summed E-state index contributed by atoms with van der Waals surface area (Å²) < 4.78 is 5.70. The van der Waals surface area contributed by atoms with Gasteiger partial charge in [-0.1, -0.05) is 0 Å². The fourth-order valence-corrected chi connectivity index (χ4v) is 3.74. The number of pyridine rings is 1. The van der Waals surface area contributed by atoms with Crippen LogP contribution in [0.5, 0.6) is 0 Å². The maximum absolute atomic E-state index is 12.4. The zero-order chi connectivity index (χ0) is 16.9. The molecular weight excluding hydrogens is 306 g/mol. The van der Waals surface area contributed by atoms with E-state index in [2.05, 4.69) is 4.98 Å². The summed E-state index contributed by atoms with van der Waals surface area (Å²) in [5.74, 6) is 0.283. The molecule has 1 aromatic heterocycles. The average molecular weight is 331 g/mol. The molecule has 0 unspecified atom stereocenters. The fourth-order valence-electron chi connectivity index (χ4n) is 3.74. The minimum absolute atomic E-state index is 0.0356. The summed E-state index contributed by atoms with van der Waals surface area (Å²) in [6, 6.07) is 3.76. The molecule has 0 bridgehead atoms. The largest absolute Gasteiger partial charge is 0.377 e. The molecule has 2 aliphatic rings. The number of ether oxygens (including phenoxy) is 1. The molecule has 2 saturated heterocycles. The number of amides is 2. The monoisotopic (exact) mass is 331 g/mol. The topological polar surface area (TPSA) is 85.5 Å². The van der Waals surface area contributed by atoms with E-state index >= 15 is 0 Å². The summed E-state index contributed by atoms with van der Waals surface area (Å²) in [5.41, 5.74) is 6.45. The predicted molar refractivity (Wildman–Crippen MR) is 88.9 cm³/mol. The van der Waals surface area contributed by atoms with Gasteiger partial charge in [-0.3, -0.25) is 14.6 Å². The summed E-state index contributed by atoms with van der Waals surface area (Å²) in [6.07, 6.45) is 7.37. The maximum Gasteiger partial charge on any atom is 0.226 e. The van der Waals surface area contributed by atoms with Crippen LogP contribution in [0.2, 0.25) is 0 Å². The Hall–Kier alpha value is -1.95. The van der Waals surface area contributed by atoms with Gasteiger partial charge >= 0.3 is 0 Å². The number of nitrogens with two attached hydrogens (primary N) is 1.